The summed E-state index contributed by atoms with van der Waals surface area (Å²) in [5.74, 6) is -0.342. The molecule has 2 aromatic rings. The Kier molecular flexibility index (Phi) is 4.65. The van der Waals surface area contributed by atoms with Crippen LogP contribution in [-0.4, -0.2) is 21.0 Å². The van der Waals surface area contributed by atoms with Crippen molar-refractivity contribution in [3.8, 4) is 11.6 Å². The van der Waals surface area contributed by atoms with Gasteiger partial charge in [-0.2, -0.15) is 0 Å². The maximum atomic E-state index is 10.8. The smallest absolute Gasteiger partial charge is 0.356 e. The molecule has 104 valence electrons. The van der Waals surface area contributed by atoms with Crippen LogP contribution < -0.4 is 4.74 Å². The average molecular weight is 272 g/mol. The fourth-order valence-corrected chi connectivity index (χ4v) is 1.73. The molecule has 1 aromatic carbocycles. The second-order valence-electron chi connectivity index (χ2n) is 4.40. The number of unbranched alkanes of at least 4 members (excludes halogenated alkanes) is 1. The molecule has 0 aliphatic rings. The SMILES string of the molecule is CCCCc1ccc(Oc2cncc(C(=O)O)n2)cc1. The van der Waals surface area contributed by atoms with Crippen LogP contribution >= 0.6 is 0 Å². The van der Waals surface area contributed by atoms with Crippen LogP contribution in [0.15, 0.2) is 36.7 Å². The number of aromatic carboxylic acids is 1. The highest BCUT2D eigenvalue weighted by molar-refractivity contribution is 5.84. The first-order valence-corrected chi connectivity index (χ1v) is 6.51. The molecule has 0 aliphatic heterocycles. The number of hydrogen-bond donors (Lipinski definition) is 1. The van der Waals surface area contributed by atoms with Gasteiger partial charge in [0, 0.05) is 0 Å². The third-order valence-corrected chi connectivity index (χ3v) is 2.80. The molecule has 0 atom stereocenters. The van der Waals surface area contributed by atoms with Crippen LogP contribution in [0.4, 0.5) is 0 Å². The average Bonchev–Trinajstić information content (AvgIpc) is 2.47. The minimum atomic E-state index is -1.13. The van der Waals surface area contributed by atoms with Crippen LogP contribution in [0.2, 0.25) is 0 Å². The third-order valence-electron chi connectivity index (χ3n) is 2.80. The van der Waals surface area contributed by atoms with Gasteiger partial charge in [0.25, 0.3) is 0 Å². The molecule has 0 spiro atoms. The van der Waals surface area contributed by atoms with Gasteiger partial charge in [-0.25, -0.2) is 9.78 Å². The summed E-state index contributed by atoms with van der Waals surface area (Å²) in [6.45, 7) is 2.16. The highest BCUT2D eigenvalue weighted by atomic mass is 16.5. The normalized spacial score (nSPS) is 10.2. The molecule has 20 heavy (non-hydrogen) atoms. The number of rotatable bonds is 6. The monoisotopic (exact) mass is 272 g/mol. The number of carboxylic acids is 1. The van der Waals surface area contributed by atoms with Crippen molar-refractivity contribution in [2.75, 3.05) is 0 Å². The van der Waals surface area contributed by atoms with E-state index in [9.17, 15) is 4.79 Å². The number of hydrogen-bond acceptors (Lipinski definition) is 4. The molecule has 0 fully saturated rings. The first-order valence-electron chi connectivity index (χ1n) is 6.51. The van der Waals surface area contributed by atoms with Crippen molar-refractivity contribution in [1.29, 1.82) is 0 Å². The van der Waals surface area contributed by atoms with Crippen molar-refractivity contribution in [2.45, 2.75) is 26.2 Å². The number of carbonyl (C=O) groups is 1. The highest BCUT2D eigenvalue weighted by Gasteiger charge is 2.07. The van der Waals surface area contributed by atoms with E-state index in [1.807, 2.05) is 24.3 Å². The van der Waals surface area contributed by atoms with E-state index >= 15 is 0 Å². The van der Waals surface area contributed by atoms with Crippen molar-refractivity contribution in [3.63, 3.8) is 0 Å². The molecule has 0 radical (unpaired) electrons. The van der Waals surface area contributed by atoms with Gasteiger partial charge in [0.05, 0.1) is 12.4 Å². The summed E-state index contributed by atoms with van der Waals surface area (Å²) < 4.78 is 5.49. The van der Waals surface area contributed by atoms with Gasteiger partial charge in [-0.05, 0) is 30.5 Å². The molecule has 5 heteroatoms. The van der Waals surface area contributed by atoms with Gasteiger partial charge in [-0.15, -0.1) is 0 Å². The molecule has 1 aromatic heterocycles. The molecule has 0 amide bonds. The van der Waals surface area contributed by atoms with Crippen molar-refractivity contribution >= 4 is 5.97 Å². The first-order chi connectivity index (χ1) is 9.69. The summed E-state index contributed by atoms with van der Waals surface area (Å²) in [6, 6.07) is 7.69. The standard InChI is InChI=1S/C15H16N2O3/c1-2-3-4-11-5-7-12(8-6-11)20-14-10-16-9-13(17-14)15(18)19/h5-10H,2-4H2,1H3,(H,18,19). The Morgan fingerprint density at radius 1 is 1.25 bits per heavy atom. The van der Waals surface area contributed by atoms with E-state index < -0.39 is 5.97 Å². The number of nitrogens with zero attached hydrogens (tertiary/aromatic N) is 2. The molecule has 0 aliphatic carbocycles. The van der Waals surface area contributed by atoms with E-state index in [4.69, 9.17) is 9.84 Å². The number of aryl methyl sites for hydroxylation is 1. The summed E-state index contributed by atoms with van der Waals surface area (Å²) in [7, 11) is 0. The van der Waals surface area contributed by atoms with Gasteiger partial charge >= 0.3 is 5.97 Å². The Labute approximate surface area is 117 Å². The largest absolute Gasteiger partial charge is 0.476 e. The molecule has 0 saturated carbocycles. The van der Waals surface area contributed by atoms with Crippen LogP contribution in [0.5, 0.6) is 11.6 Å². The lowest BCUT2D eigenvalue weighted by atomic mass is 10.1. The minimum Gasteiger partial charge on any atom is -0.476 e. The second kappa shape index (κ2) is 6.65. The Balaban J connectivity index is 2.06. The summed E-state index contributed by atoms with van der Waals surface area (Å²) >= 11 is 0. The lowest BCUT2D eigenvalue weighted by molar-refractivity contribution is 0.0689. The van der Waals surface area contributed by atoms with Gasteiger partial charge in [0.2, 0.25) is 5.88 Å². The molecular formula is C15H16N2O3. The van der Waals surface area contributed by atoms with E-state index in [2.05, 4.69) is 16.9 Å². The quantitative estimate of drug-likeness (QED) is 0.873. The number of ether oxygens (including phenoxy) is 1. The number of benzene rings is 1. The van der Waals surface area contributed by atoms with Crippen LogP contribution in [0.1, 0.15) is 35.8 Å². The Morgan fingerprint density at radius 2 is 2.00 bits per heavy atom. The van der Waals surface area contributed by atoms with E-state index in [1.165, 1.54) is 18.0 Å². The Bertz CT molecular complexity index is 582. The van der Waals surface area contributed by atoms with Gasteiger partial charge in [0.15, 0.2) is 5.69 Å². The second-order valence-corrected chi connectivity index (χ2v) is 4.40. The van der Waals surface area contributed by atoms with Gasteiger partial charge in [0.1, 0.15) is 5.75 Å². The van der Waals surface area contributed by atoms with Crippen LogP contribution in [-0.2, 0) is 6.42 Å². The molecule has 0 saturated heterocycles. The van der Waals surface area contributed by atoms with Gasteiger partial charge in [-0.3, -0.25) is 4.98 Å². The van der Waals surface area contributed by atoms with Crippen molar-refractivity contribution in [2.24, 2.45) is 0 Å². The van der Waals surface area contributed by atoms with Crippen LogP contribution in [0, 0.1) is 0 Å². The molecule has 5 nitrogen and oxygen atoms in total. The summed E-state index contributed by atoms with van der Waals surface area (Å²) in [5, 5.41) is 8.84. The molecule has 0 unspecified atom stereocenters. The van der Waals surface area contributed by atoms with E-state index in [0.717, 1.165) is 19.3 Å². The lowest BCUT2D eigenvalue weighted by Crippen LogP contribution is -2.02. The third kappa shape index (κ3) is 3.78. The highest BCUT2D eigenvalue weighted by Crippen LogP contribution is 2.20. The fraction of sp³-hybridized carbons (Fsp3) is 0.267. The maximum absolute atomic E-state index is 10.8. The molecule has 0 bridgehead atoms. The zero-order chi connectivity index (χ0) is 14.4. The first kappa shape index (κ1) is 14.0. The van der Waals surface area contributed by atoms with Crippen LogP contribution in [0.3, 0.4) is 0 Å². The zero-order valence-corrected chi connectivity index (χ0v) is 11.2. The van der Waals surface area contributed by atoms with Crippen molar-refractivity contribution in [1.82, 2.24) is 9.97 Å². The van der Waals surface area contributed by atoms with E-state index in [0.29, 0.717) is 5.75 Å². The fourth-order valence-electron chi connectivity index (χ4n) is 1.73. The predicted molar refractivity (Wildman–Crippen MR) is 74.1 cm³/mol. The zero-order valence-electron chi connectivity index (χ0n) is 11.2. The predicted octanol–water partition coefficient (Wildman–Crippen LogP) is 3.31. The Hall–Kier alpha value is -2.43. The van der Waals surface area contributed by atoms with Crippen LogP contribution in [0.25, 0.3) is 0 Å². The topological polar surface area (TPSA) is 72.3 Å². The number of carboxylic acid groups (broad SMARTS) is 1. The lowest BCUT2D eigenvalue weighted by Gasteiger charge is -2.06. The van der Waals surface area contributed by atoms with Crippen molar-refractivity contribution in [3.05, 3.63) is 47.9 Å². The molecule has 2 rings (SSSR count). The van der Waals surface area contributed by atoms with Gasteiger partial charge < -0.3 is 9.84 Å². The molecular weight excluding hydrogens is 256 g/mol. The van der Waals surface area contributed by atoms with E-state index in [-0.39, 0.29) is 11.6 Å². The van der Waals surface area contributed by atoms with Crippen molar-refractivity contribution < 1.29 is 14.6 Å². The van der Waals surface area contributed by atoms with Gasteiger partial charge in [-0.1, -0.05) is 25.5 Å². The minimum absolute atomic E-state index is 0.137. The summed E-state index contributed by atoms with van der Waals surface area (Å²) in [5.41, 5.74) is 1.12. The molecule has 1 heterocycles. The molecule has 1 N–H and O–H groups in total. The summed E-state index contributed by atoms with van der Waals surface area (Å²) in [4.78, 5) is 18.4. The maximum Gasteiger partial charge on any atom is 0.356 e. The van der Waals surface area contributed by atoms with E-state index in [1.54, 1.807) is 0 Å². The number of aromatic nitrogens is 2. The Morgan fingerprint density at radius 3 is 2.65 bits per heavy atom. The summed E-state index contributed by atoms with van der Waals surface area (Å²) in [6.07, 6.45) is 5.94.